The lowest BCUT2D eigenvalue weighted by Gasteiger charge is -2.39. The smallest absolute Gasteiger partial charge is 0.223 e. The molecule has 3 atom stereocenters. The zero-order valence-corrected chi connectivity index (χ0v) is 12.6. The molecule has 2 rings (SSSR count). The summed E-state index contributed by atoms with van der Waals surface area (Å²) in [6, 6.07) is 0.730. The fraction of sp³-hybridized carbons (Fsp3) is 0.933. The Kier molecular flexibility index (Phi) is 5.22. The van der Waals surface area contributed by atoms with E-state index >= 15 is 0 Å². The van der Waals surface area contributed by atoms with Crippen molar-refractivity contribution in [3.05, 3.63) is 0 Å². The first-order chi connectivity index (χ1) is 9.09. The van der Waals surface area contributed by atoms with Crippen molar-refractivity contribution < 1.29 is 4.79 Å². The van der Waals surface area contributed by atoms with Crippen LogP contribution in [0.3, 0.4) is 0 Å². The first-order valence-electron chi connectivity index (χ1n) is 7.83. The van der Waals surface area contributed by atoms with Crippen LogP contribution in [0.15, 0.2) is 0 Å². The van der Waals surface area contributed by atoms with Gasteiger partial charge in [0.15, 0.2) is 0 Å². The molecule has 0 spiro atoms. The van der Waals surface area contributed by atoms with Gasteiger partial charge in [-0.3, -0.25) is 4.79 Å². The van der Waals surface area contributed by atoms with Crippen LogP contribution in [0.25, 0.3) is 0 Å². The molecule has 1 amide bonds. The number of rotatable bonds is 3. The highest BCUT2D eigenvalue weighted by Crippen LogP contribution is 2.25. The lowest BCUT2D eigenvalue weighted by atomic mass is 9.83. The summed E-state index contributed by atoms with van der Waals surface area (Å²) in [6.45, 7) is 10.6. The zero-order chi connectivity index (χ0) is 13.8. The first-order valence-corrected chi connectivity index (χ1v) is 7.83. The number of piperazine rings is 1. The lowest BCUT2D eigenvalue weighted by Crippen LogP contribution is -2.57. The molecule has 2 saturated heterocycles. The Morgan fingerprint density at radius 1 is 1.26 bits per heavy atom. The van der Waals surface area contributed by atoms with E-state index in [0.29, 0.717) is 23.9 Å². The monoisotopic (exact) mass is 267 g/mol. The van der Waals surface area contributed by atoms with Gasteiger partial charge in [-0.1, -0.05) is 6.92 Å². The molecule has 0 bridgehead atoms. The van der Waals surface area contributed by atoms with E-state index in [9.17, 15) is 4.79 Å². The van der Waals surface area contributed by atoms with E-state index < -0.39 is 0 Å². The Morgan fingerprint density at radius 3 is 2.63 bits per heavy atom. The van der Waals surface area contributed by atoms with Crippen LogP contribution < -0.4 is 10.6 Å². The van der Waals surface area contributed by atoms with Crippen molar-refractivity contribution >= 4 is 5.91 Å². The third-order valence-electron chi connectivity index (χ3n) is 5.04. The summed E-state index contributed by atoms with van der Waals surface area (Å²) in [6.07, 6.45) is 3.17. The molecule has 2 aliphatic heterocycles. The number of nitrogens with zero attached hydrogens (tertiary/aromatic N) is 1. The summed E-state index contributed by atoms with van der Waals surface area (Å²) in [7, 11) is 0. The number of hydrogen-bond donors (Lipinski definition) is 2. The Bertz CT molecular complexity index is 302. The van der Waals surface area contributed by atoms with Crippen molar-refractivity contribution in [3.63, 3.8) is 0 Å². The van der Waals surface area contributed by atoms with Gasteiger partial charge in [0.25, 0.3) is 0 Å². The van der Waals surface area contributed by atoms with Gasteiger partial charge in [0, 0.05) is 31.6 Å². The van der Waals surface area contributed by atoms with E-state index in [1.54, 1.807) is 0 Å². The lowest BCUT2D eigenvalue weighted by molar-refractivity contribution is -0.136. The van der Waals surface area contributed by atoms with E-state index in [2.05, 4.69) is 36.3 Å². The molecule has 0 radical (unpaired) electrons. The minimum atomic E-state index is 0.321. The maximum atomic E-state index is 12.5. The number of hydrogen-bond acceptors (Lipinski definition) is 3. The maximum absolute atomic E-state index is 12.5. The summed E-state index contributed by atoms with van der Waals surface area (Å²) in [5.41, 5.74) is 0. The standard InChI is InChI=1S/C15H29N3O/c1-11(14-4-6-16-7-5-14)10-15(19)18-9-8-17-12(2)13(18)3/h11-14,16-17H,4-10H2,1-3H3. The van der Waals surface area contributed by atoms with Gasteiger partial charge in [-0.15, -0.1) is 0 Å². The number of nitrogens with one attached hydrogen (secondary N) is 2. The van der Waals surface area contributed by atoms with Crippen LogP contribution in [0.4, 0.5) is 0 Å². The third-order valence-corrected chi connectivity index (χ3v) is 5.04. The Balaban J connectivity index is 1.85. The van der Waals surface area contributed by atoms with Crippen LogP contribution in [0.5, 0.6) is 0 Å². The second kappa shape index (κ2) is 6.71. The van der Waals surface area contributed by atoms with E-state index in [4.69, 9.17) is 0 Å². The molecule has 3 unspecified atom stereocenters. The summed E-state index contributed by atoms with van der Waals surface area (Å²) in [4.78, 5) is 14.6. The summed E-state index contributed by atoms with van der Waals surface area (Å²) in [5, 5.41) is 6.83. The van der Waals surface area contributed by atoms with Gasteiger partial charge >= 0.3 is 0 Å². The second-order valence-electron chi connectivity index (χ2n) is 6.34. The largest absolute Gasteiger partial charge is 0.337 e. The number of piperidine rings is 1. The van der Waals surface area contributed by atoms with Crippen molar-refractivity contribution in [1.29, 1.82) is 0 Å². The molecule has 2 fully saturated rings. The van der Waals surface area contributed by atoms with Crippen LogP contribution >= 0.6 is 0 Å². The second-order valence-corrected chi connectivity index (χ2v) is 6.34. The SMILES string of the molecule is CC(CC(=O)N1CCNC(C)C1C)C1CCNCC1. The summed E-state index contributed by atoms with van der Waals surface area (Å²) < 4.78 is 0. The third kappa shape index (κ3) is 3.69. The molecule has 2 aliphatic rings. The predicted molar refractivity (Wildman–Crippen MR) is 78.0 cm³/mol. The summed E-state index contributed by atoms with van der Waals surface area (Å²) in [5.74, 6) is 1.60. The van der Waals surface area contributed by atoms with E-state index in [1.807, 2.05) is 0 Å². The van der Waals surface area contributed by atoms with Crippen LogP contribution in [-0.4, -0.2) is 49.1 Å². The molecule has 0 aromatic rings. The average Bonchev–Trinajstić information content (AvgIpc) is 2.42. The molecule has 0 aromatic carbocycles. The van der Waals surface area contributed by atoms with Gasteiger partial charge in [0.2, 0.25) is 5.91 Å². The zero-order valence-electron chi connectivity index (χ0n) is 12.6. The molecule has 0 aliphatic carbocycles. The van der Waals surface area contributed by atoms with E-state index in [0.717, 1.165) is 38.5 Å². The quantitative estimate of drug-likeness (QED) is 0.808. The van der Waals surface area contributed by atoms with E-state index in [-0.39, 0.29) is 0 Å². The first kappa shape index (κ1) is 14.8. The normalized spacial score (nSPS) is 31.2. The molecular formula is C15H29N3O. The topological polar surface area (TPSA) is 44.4 Å². The predicted octanol–water partition coefficient (Wildman–Crippen LogP) is 1.22. The van der Waals surface area contributed by atoms with Crippen molar-refractivity contribution in [2.24, 2.45) is 11.8 Å². The van der Waals surface area contributed by atoms with Crippen molar-refractivity contribution in [1.82, 2.24) is 15.5 Å². The van der Waals surface area contributed by atoms with Gasteiger partial charge in [-0.2, -0.15) is 0 Å². The van der Waals surface area contributed by atoms with Crippen LogP contribution in [0, 0.1) is 11.8 Å². The minimum Gasteiger partial charge on any atom is -0.337 e. The molecular weight excluding hydrogens is 238 g/mol. The van der Waals surface area contributed by atoms with E-state index in [1.165, 1.54) is 12.8 Å². The van der Waals surface area contributed by atoms with Gasteiger partial charge in [0.05, 0.1) is 0 Å². The molecule has 19 heavy (non-hydrogen) atoms. The van der Waals surface area contributed by atoms with Crippen LogP contribution in [-0.2, 0) is 4.79 Å². The minimum absolute atomic E-state index is 0.321. The highest BCUT2D eigenvalue weighted by atomic mass is 16.2. The number of carbonyl (C=O) groups is 1. The summed E-state index contributed by atoms with van der Waals surface area (Å²) >= 11 is 0. The molecule has 4 heteroatoms. The fourth-order valence-electron chi connectivity index (χ4n) is 3.38. The molecule has 4 nitrogen and oxygen atoms in total. The average molecular weight is 267 g/mol. The molecule has 0 aromatic heterocycles. The highest BCUT2D eigenvalue weighted by molar-refractivity contribution is 5.77. The van der Waals surface area contributed by atoms with Crippen LogP contribution in [0.2, 0.25) is 0 Å². The van der Waals surface area contributed by atoms with Gasteiger partial charge in [0.1, 0.15) is 0 Å². The van der Waals surface area contributed by atoms with Gasteiger partial charge in [-0.05, 0) is 51.6 Å². The van der Waals surface area contributed by atoms with Crippen molar-refractivity contribution in [3.8, 4) is 0 Å². The molecule has 110 valence electrons. The van der Waals surface area contributed by atoms with Crippen molar-refractivity contribution in [2.45, 2.75) is 52.1 Å². The fourth-order valence-corrected chi connectivity index (χ4v) is 3.38. The molecule has 2 heterocycles. The van der Waals surface area contributed by atoms with Gasteiger partial charge in [-0.25, -0.2) is 0 Å². The highest BCUT2D eigenvalue weighted by Gasteiger charge is 2.30. The molecule has 2 N–H and O–H groups in total. The number of amides is 1. The Labute approximate surface area is 117 Å². The number of carbonyl (C=O) groups excluding carboxylic acids is 1. The Morgan fingerprint density at radius 2 is 1.95 bits per heavy atom. The van der Waals surface area contributed by atoms with Gasteiger partial charge < -0.3 is 15.5 Å². The molecule has 0 saturated carbocycles. The van der Waals surface area contributed by atoms with Crippen molar-refractivity contribution in [2.75, 3.05) is 26.2 Å². The maximum Gasteiger partial charge on any atom is 0.223 e. The van der Waals surface area contributed by atoms with Crippen LogP contribution in [0.1, 0.15) is 40.0 Å². The Hall–Kier alpha value is -0.610.